The first kappa shape index (κ1) is 29.1. The molecule has 5 rings (SSSR count). The summed E-state index contributed by atoms with van der Waals surface area (Å²) in [7, 11) is 1.73. The van der Waals surface area contributed by atoms with Crippen molar-refractivity contribution in [3.63, 3.8) is 0 Å². The van der Waals surface area contributed by atoms with E-state index in [4.69, 9.17) is 9.72 Å². The zero-order valence-corrected chi connectivity index (χ0v) is 23.9. The summed E-state index contributed by atoms with van der Waals surface area (Å²) < 4.78 is 47.8. The highest BCUT2D eigenvalue weighted by molar-refractivity contribution is 5.94. The number of amides is 1. The molecule has 2 aromatic carbocycles. The maximum Gasteiger partial charge on any atom is 0.266 e. The highest BCUT2D eigenvalue weighted by Crippen LogP contribution is 2.46. The summed E-state index contributed by atoms with van der Waals surface area (Å²) in [5.41, 5.74) is 2.36. The zero-order valence-electron chi connectivity index (χ0n) is 23.9. The SMILES string of the molecule is Cc1nc(N[C@H](C)c2cccc(C(F)F)c2F)c2cc([C@H]3CC[C@@H](C(=O)N(C)C[C@H](C)O)CC3)c3c(c2n1)CCO3. The molecule has 2 heterocycles. The largest absolute Gasteiger partial charge is 0.493 e. The lowest BCUT2D eigenvalue weighted by molar-refractivity contribution is -0.136. The summed E-state index contributed by atoms with van der Waals surface area (Å²) in [6, 6.07) is 5.46. The van der Waals surface area contributed by atoms with Gasteiger partial charge in [-0.3, -0.25) is 4.79 Å². The number of aliphatic hydroxyl groups is 1. The second-order valence-electron chi connectivity index (χ2n) is 11.4. The third kappa shape index (κ3) is 5.84. The molecule has 0 unspecified atom stereocenters. The average molecular weight is 571 g/mol. The van der Waals surface area contributed by atoms with E-state index in [1.807, 2.05) is 6.07 Å². The molecule has 2 N–H and O–H groups in total. The number of alkyl halides is 2. The molecule has 1 aromatic heterocycles. The number of fused-ring (bicyclic) bond motifs is 3. The monoisotopic (exact) mass is 570 g/mol. The Balaban J connectivity index is 1.45. The number of carbonyl (C=O) groups excluding carboxylic acids is 1. The fourth-order valence-corrected chi connectivity index (χ4v) is 6.33. The van der Waals surface area contributed by atoms with Gasteiger partial charge in [-0.05, 0) is 64.0 Å². The van der Waals surface area contributed by atoms with Crippen molar-refractivity contribution in [3.05, 3.63) is 58.2 Å². The Labute approximate surface area is 238 Å². The van der Waals surface area contributed by atoms with Gasteiger partial charge in [-0.2, -0.15) is 0 Å². The molecule has 1 aliphatic heterocycles. The predicted octanol–water partition coefficient (Wildman–Crippen LogP) is 6.24. The second-order valence-corrected chi connectivity index (χ2v) is 11.4. The molecular formula is C31H37F3N4O3. The smallest absolute Gasteiger partial charge is 0.266 e. The average Bonchev–Trinajstić information content (AvgIpc) is 3.42. The highest BCUT2D eigenvalue weighted by atomic mass is 19.3. The summed E-state index contributed by atoms with van der Waals surface area (Å²) >= 11 is 0. The lowest BCUT2D eigenvalue weighted by atomic mass is 9.77. The van der Waals surface area contributed by atoms with Gasteiger partial charge in [0, 0.05) is 42.4 Å². The second kappa shape index (κ2) is 11.8. The van der Waals surface area contributed by atoms with Crippen LogP contribution in [0, 0.1) is 18.7 Å². The summed E-state index contributed by atoms with van der Waals surface area (Å²) in [5, 5.41) is 13.7. The van der Waals surface area contributed by atoms with Crippen LogP contribution < -0.4 is 10.1 Å². The van der Waals surface area contributed by atoms with Crippen LogP contribution in [0.1, 0.15) is 86.0 Å². The minimum atomic E-state index is -2.90. The molecule has 2 aliphatic rings. The molecule has 1 fully saturated rings. The number of nitrogens with one attached hydrogen (secondary N) is 1. The lowest BCUT2D eigenvalue weighted by Crippen LogP contribution is -2.38. The number of likely N-dealkylation sites (N-methyl/N-ethyl adjacent to an activating group) is 1. The molecule has 7 nitrogen and oxygen atoms in total. The third-order valence-electron chi connectivity index (χ3n) is 8.32. The van der Waals surface area contributed by atoms with E-state index in [0.29, 0.717) is 31.2 Å². The number of nitrogens with zero attached hydrogens (tertiary/aromatic N) is 3. The molecule has 3 aromatic rings. The summed E-state index contributed by atoms with van der Waals surface area (Å²) in [5.74, 6) is 1.16. The van der Waals surface area contributed by atoms with Gasteiger partial charge in [0.05, 0.1) is 29.8 Å². The Morgan fingerprint density at radius 2 is 1.88 bits per heavy atom. The minimum absolute atomic E-state index is 0.0665. The number of ether oxygens (including phenoxy) is 1. The van der Waals surface area contributed by atoms with Gasteiger partial charge in [0.15, 0.2) is 0 Å². The van der Waals surface area contributed by atoms with Crippen LogP contribution in [0.25, 0.3) is 10.9 Å². The van der Waals surface area contributed by atoms with Crippen LogP contribution in [0.4, 0.5) is 19.0 Å². The van der Waals surface area contributed by atoms with Gasteiger partial charge in [0.1, 0.15) is 23.2 Å². The van der Waals surface area contributed by atoms with Crippen LogP contribution in [0.5, 0.6) is 5.75 Å². The van der Waals surface area contributed by atoms with Crippen molar-refractivity contribution in [1.82, 2.24) is 14.9 Å². The van der Waals surface area contributed by atoms with E-state index in [2.05, 4.69) is 10.3 Å². The van der Waals surface area contributed by atoms with E-state index in [1.54, 1.807) is 32.7 Å². The number of halogens is 3. The number of carbonyl (C=O) groups is 1. The summed E-state index contributed by atoms with van der Waals surface area (Å²) in [6.07, 6.45) is 0.348. The minimum Gasteiger partial charge on any atom is -0.493 e. The number of rotatable bonds is 8. The van der Waals surface area contributed by atoms with Gasteiger partial charge >= 0.3 is 0 Å². The fraction of sp³-hybridized carbons (Fsp3) is 0.516. The van der Waals surface area contributed by atoms with Crippen LogP contribution >= 0.6 is 0 Å². The maximum atomic E-state index is 14.9. The zero-order chi connectivity index (χ0) is 29.4. The van der Waals surface area contributed by atoms with Crippen molar-refractivity contribution in [2.24, 2.45) is 5.92 Å². The van der Waals surface area contributed by atoms with Crippen LogP contribution in [0.15, 0.2) is 24.3 Å². The van der Waals surface area contributed by atoms with Gasteiger partial charge in [-0.1, -0.05) is 18.2 Å². The molecule has 2 atom stereocenters. The molecule has 41 heavy (non-hydrogen) atoms. The Kier molecular flexibility index (Phi) is 8.40. The predicted molar refractivity (Wildman–Crippen MR) is 151 cm³/mol. The number of aromatic nitrogens is 2. The summed E-state index contributed by atoms with van der Waals surface area (Å²) in [4.78, 5) is 23.9. The Morgan fingerprint density at radius 3 is 2.56 bits per heavy atom. The third-order valence-corrected chi connectivity index (χ3v) is 8.32. The molecule has 10 heteroatoms. The van der Waals surface area contributed by atoms with Crippen molar-refractivity contribution in [1.29, 1.82) is 0 Å². The lowest BCUT2D eigenvalue weighted by Gasteiger charge is -2.32. The summed E-state index contributed by atoms with van der Waals surface area (Å²) in [6.45, 7) is 6.05. The molecule has 1 aliphatic carbocycles. The molecule has 1 amide bonds. The first-order valence-corrected chi connectivity index (χ1v) is 14.3. The Morgan fingerprint density at radius 1 is 1.17 bits per heavy atom. The number of aryl methyl sites for hydroxylation is 1. The molecule has 220 valence electrons. The topological polar surface area (TPSA) is 87.6 Å². The van der Waals surface area contributed by atoms with Crippen molar-refractivity contribution in [2.45, 2.75) is 77.4 Å². The van der Waals surface area contributed by atoms with E-state index < -0.39 is 30.0 Å². The van der Waals surface area contributed by atoms with Crippen LogP contribution in [-0.2, 0) is 11.2 Å². The van der Waals surface area contributed by atoms with Crippen molar-refractivity contribution < 1.29 is 27.8 Å². The standard InChI is InChI=1S/C31H37F3N4O3/c1-16(39)15-38(4)31(40)20-10-8-19(9-11-20)24-14-25-27(23-12-13-41-28(23)24)36-18(3)37-30(25)35-17(2)21-6-5-7-22(26(21)32)29(33)34/h5-7,14,16-17,19-20,29,39H,8-13,15H2,1-4H3,(H,35,36,37)/t16-,17+,19-,20+/m0/s1. The number of aliphatic hydroxyl groups excluding tert-OH is 1. The van der Waals surface area contributed by atoms with Gasteiger partial charge in [0.2, 0.25) is 5.91 Å². The van der Waals surface area contributed by atoms with E-state index in [0.717, 1.165) is 59.5 Å². The van der Waals surface area contributed by atoms with Gasteiger partial charge in [-0.15, -0.1) is 0 Å². The van der Waals surface area contributed by atoms with Crippen LogP contribution in [0.2, 0.25) is 0 Å². The van der Waals surface area contributed by atoms with E-state index in [9.17, 15) is 23.1 Å². The molecule has 0 bridgehead atoms. The number of hydrogen-bond acceptors (Lipinski definition) is 6. The molecule has 0 saturated heterocycles. The van der Waals surface area contributed by atoms with Crippen molar-refractivity contribution in [2.75, 3.05) is 25.5 Å². The van der Waals surface area contributed by atoms with Gasteiger partial charge in [-0.25, -0.2) is 23.1 Å². The first-order chi connectivity index (χ1) is 19.5. The fourth-order valence-electron chi connectivity index (χ4n) is 6.33. The number of benzene rings is 2. The van der Waals surface area contributed by atoms with Gasteiger partial charge < -0.3 is 20.1 Å². The van der Waals surface area contributed by atoms with E-state index in [-0.39, 0.29) is 23.3 Å². The van der Waals surface area contributed by atoms with Crippen molar-refractivity contribution >= 4 is 22.6 Å². The molecule has 0 radical (unpaired) electrons. The molecule has 0 spiro atoms. The molecule has 1 saturated carbocycles. The molecular weight excluding hydrogens is 533 g/mol. The van der Waals surface area contributed by atoms with E-state index >= 15 is 0 Å². The highest BCUT2D eigenvalue weighted by Gasteiger charge is 2.33. The maximum absolute atomic E-state index is 14.9. The number of anilines is 1. The van der Waals surface area contributed by atoms with Crippen molar-refractivity contribution in [3.8, 4) is 5.75 Å². The quantitative estimate of drug-likeness (QED) is 0.334. The first-order valence-electron chi connectivity index (χ1n) is 14.3. The Hall–Kier alpha value is -3.40. The number of hydrogen-bond donors (Lipinski definition) is 2. The van der Waals surface area contributed by atoms with E-state index in [1.165, 1.54) is 12.1 Å². The Bertz CT molecular complexity index is 1440. The van der Waals surface area contributed by atoms with Crippen LogP contribution in [0.3, 0.4) is 0 Å². The van der Waals surface area contributed by atoms with Crippen LogP contribution in [-0.4, -0.2) is 52.2 Å². The normalized spacial score (nSPS) is 20.0. The van der Waals surface area contributed by atoms with Gasteiger partial charge in [0.25, 0.3) is 6.43 Å².